The fourth-order valence-corrected chi connectivity index (χ4v) is 3.76. The maximum absolute atomic E-state index is 14.0. The highest BCUT2D eigenvalue weighted by molar-refractivity contribution is 7.29. The SMILES string of the molecule is Cc1cc(C)c(B(B(F)F)c2c(C)cc(C)cc2C)c(C)c1. The van der Waals surface area contributed by atoms with E-state index < -0.39 is 13.8 Å². The van der Waals surface area contributed by atoms with Crippen molar-refractivity contribution in [3.63, 3.8) is 0 Å². The van der Waals surface area contributed by atoms with Gasteiger partial charge in [0.15, 0.2) is 0 Å². The molecule has 0 amide bonds. The summed E-state index contributed by atoms with van der Waals surface area (Å²) in [6.07, 6.45) is 0. The maximum Gasteiger partial charge on any atom is 0.504 e. The Morgan fingerprint density at radius 1 is 0.591 bits per heavy atom. The number of halogens is 2. The monoisotopic (exact) mass is 298 g/mol. The van der Waals surface area contributed by atoms with Crippen molar-refractivity contribution in [3.05, 3.63) is 57.6 Å². The van der Waals surface area contributed by atoms with E-state index in [4.69, 9.17) is 0 Å². The average Bonchev–Trinajstić information content (AvgIpc) is 2.34. The van der Waals surface area contributed by atoms with Gasteiger partial charge in [0.1, 0.15) is 0 Å². The Hall–Kier alpha value is -1.57. The van der Waals surface area contributed by atoms with Crippen LogP contribution >= 0.6 is 0 Å². The maximum atomic E-state index is 14.0. The van der Waals surface area contributed by atoms with Gasteiger partial charge in [-0.25, -0.2) is 0 Å². The second kappa shape index (κ2) is 6.28. The molecule has 0 nitrogen and oxygen atoms in total. The lowest BCUT2D eigenvalue weighted by Gasteiger charge is -2.22. The highest BCUT2D eigenvalue weighted by atomic mass is 19.2. The van der Waals surface area contributed by atoms with Crippen LogP contribution < -0.4 is 10.9 Å². The third-order valence-corrected chi connectivity index (χ3v) is 4.35. The topological polar surface area (TPSA) is 0 Å². The zero-order chi connectivity index (χ0) is 16.6. The van der Waals surface area contributed by atoms with Gasteiger partial charge in [-0.2, -0.15) is 0 Å². The molecule has 0 N–H and O–H groups in total. The first-order chi connectivity index (χ1) is 10.2. The number of hydrogen-bond acceptors (Lipinski definition) is 0. The Morgan fingerprint density at radius 3 is 1.09 bits per heavy atom. The van der Waals surface area contributed by atoms with Crippen molar-refractivity contribution in [1.29, 1.82) is 0 Å². The first-order valence-corrected chi connectivity index (χ1v) is 7.66. The fraction of sp³-hybridized carbons (Fsp3) is 0.333. The first-order valence-electron chi connectivity index (χ1n) is 7.66. The van der Waals surface area contributed by atoms with Gasteiger partial charge in [0, 0.05) is 0 Å². The molecule has 0 saturated heterocycles. The molecule has 0 saturated carbocycles. The lowest BCUT2D eigenvalue weighted by molar-refractivity contribution is 0.695. The van der Waals surface area contributed by atoms with Gasteiger partial charge in [0.2, 0.25) is 0 Å². The molecular weight excluding hydrogens is 276 g/mol. The van der Waals surface area contributed by atoms with Crippen LogP contribution in [0.4, 0.5) is 8.63 Å². The van der Waals surface area contributed by atoms with Gasteiger partial charge >= 0.3 is 7.16 Å². The third kappa shape index (κ3) is 3.11. The molecule has 0 aliphatic rings. The predicted molar refractivity (Wildman–Crippen MR) is 94.3 cm³/mol. The number of rotatable bonds is 3. The highest BCUT2D eigenvalue weighted by Gasteiger charge is 2.39. The molecule has 4 heteroatoms. The smallest absolute Gasteiger partial charge is 0.297 e. The van der Waals surface area contributed by atoms with E-state index in [2.05, 4.69) is 0 Å². The Morgan fingerprint density at radius 2 is 0.864 bits per heavy atom. The summed E-state index contributed by atoms with van der Waals surface area (Å²) in [6.45, 7) is 10.9. The van der Waals surface area contributed by atoms with Crippen molar-refractivity contribution >= 4 is 24.7 Å². The standard InChI is InChI=1S/C18H22B2F2/c1-11-7-13(3)17(14(4)8-11)19(20(21)22)18-15(5)9-12(2)10-16(18)6/h7-10H,1-6H3. The van der Waals surface area contributed by atoms with Crippen molar-refractivity contribution < 1.29 is 8.63 Å². The molecular formula is C18H22B2F2. The summed E-state index contributed by atoms with van der Waals surface area (Å²) < 4.78 is 28.0. The molecule has 2 aromatic carbocycles. The van der Waals surface area contributed by atoms with Crippen LogP contribution in [0.15, 0.2) is 24.3 Å². The zero-order valence-electron chi connectivity index (χ0n) is 14.2. The molecule has 0 aromatic heterocycles. The molecule has 0 aliphatic heterocycles. The van der Waals surface area contributed by atoms with Crippen molar-refractivity contribution in [2.75, 3.05) is 0 Å². The summed E-state index contributed by atoms with van der Waals surface area (Å²) in [5.41, 5.74) is 7.56. The second-order valence-electron chi connectivity index (χ2n) is 6.44. The van der Waals surface area contributed by atoms with Gasteiger partial charge in [-0.1, -0.05) is 68.6 Å². The lowest BCUT2D eigenvalue weighted by atomic mass is 9.20. The summed E-state index contributed by atoms with van der Waals surface area (Å²) >= 11 is 0. The first kappa shape index (κ1) is 16.8. The lowest BCUT2D eigenvalue weighted by Crippen LogP contribution is -2.55. The van der Waals surface area contributed by atoms with Crippen LogP contribution in [0.25, 0.3) is 0 Å². The van der Waals surface area contributed by atoms with Gasteiger partial charge in [0.25, 0.3) is 6.60 Å². The Labute approximate surface area is 133 Å². The largest absolute Gasteiger partial charge is 0.504 e. The Kier molecular flexibility index (Phi) is 4.79. The van der Waals surface area contributed by atoms with Gasteiger partial charge in [-0.3, -0.25) is 8.63 Å². The molecule has 0 spiro atoms. The highest BCUT2D eigenvalue weighted by Crippen LogP contribution is 2.14. The van der Waals surface area contributed by atoms with Crippen molar-refractivity contribution in [3.8, 4) is 0 Å². The van der Waals surface area contributed by atoms with E-state index in [9.17, 15) is 8.63 Å². The van der Waals surface area contributed by atoms with Crippen LogP contribution in [-0.4, -0.2) is 13.8 Å². The number of aryl methyl sites for hydroxylation is 6. The summed E-state index contributed by atoms with van der Waals surface area (Å²) in [7, 11) is -2.42. The minimum absolute atomic E-state index is 0.774. The van der Waals surface area contributed by atoms with E-state index in [0.717, 1.165) is 44.3 Å². The molecule has 0 radical (unpaired) electrons. The van der Waals surface area contributed by atoms with Gasteiger partial charge < -0.3 is 0 Å². The van der Waals surface area contributed by atoms with Crippen LogP contribution in [0.3, 0.4) is 0 Å². The zero-order valence-corrected chi connectivity index (χ0v) is 14.2. The Balaban J connectivity index is 2.73. The Bertz CT molecular complexity index is 605. The molecule has 114 valence electrons. The third-order valence-electron chi connectivity index (χ3n) is 4.35. The molecule has 0 bridgehead atoms. The van der Waals surface area contributed by atoms with Crippen LogP contribution in [0, 0.1) is 41.5 Å². The molecule has 0 unspecified atom stereocenters. The minimum atomic E-state index is -2.42. The second-order valence-corrected chi connectivity index (χ2v) is 6.44. The van der Waals surface area contributed by atoms with E-state index in [0.29, 0.717) is 0 Å². The summed E-state index contributed by atoms with van der Waals surface area (Å²) in [5.74, 6) is 0. The molecule has 2 rings (SSSR count). The molecule has 2 aromatic rings. The molecule has 0 atom stereocenters. The summed E-state index contributed by atoms with van der Waals surface area (Å²) in [5, 5.41) is 0. The summed E-state index contributed by atoms with van der Waals surface area (Å²) in [4.78, 5) is 0. The van der Waals surface area contributed by atoms with Crippen molar-refractivity contribution in [2.45, 2.75) is 41.5 Å². The van der Waals surface area contributed by atoms with E-state index in [-0.39, 0.29) is 0 Å². The van der Waals surface area contributed by atoms with Gasteiger partial charge in [-0.15, -0.1) is 0 Å². The minimum Gasteiger partial charge on any atom is -0.297 e. The van der Waals surface area contributed by atoms with Gasteiger partial charge in [-0.05, 0) is 41.5 Å². The van der Waals surface area contributed by atoms with E-state index in [1.54, 1.807) is 0 Å². The molecule has 22 heavy (non-hydrogen) atoms. The predicted octanol–water partition coefficient (Wildman–Crippen LogP) is 3.65. The quantitative estimate of drug-likeness (QED) is 0.759. The molecule has 0 fully saturated rings. The van der Waals surface area contributed by atoms with E-state index in [1.807, 2.05) is 65.8 Å². The van der Waals surface area contributed by atoms with Crippen LogP contribution in [0.2, 0.25) is 0 Å². The number of benzene rings is 2. The van der Waals surface area contributed by atoms with Gasteiger partial charge in [0.05, 0.1) is 0 Å². The molecule has 0 aliphatic carbocycles. The van der Waals surface area contributed by atoms with Crippen LogP contribution in [0.5, 0.6) is 0 Å². The van der Waals surface area contributed by atoms with E-state index in [1.165, 1.54) is 0 Å². The fourth-order valence-electron chi connectivity index (χ4n) is 3.76. The normalized spacial score (nSPS) is 10.7. The number of hydrogen-bond donors (Lipinski definition) is 0. The molecule has 0 heterocycles. The van der Waals surface area contributed by atoms with Crippen LogP contribution in [-0.2, 0) is 0 Å². The van der Waals surface area contributed by atoms with Crippen LogP contribution in [0.1, 0.15) is 33.4 Å². The summed E-state index contributed by atoms with van der Waals surface area (Å²) in [6, 6.07) is 7.99. The van der Waals surface area contributed by atoms with Crippen molar-refractivity contribution in [1.82, 2.24) is 0 Å². The average molecular weight is 298 g/mol. The van der Waals surface area contributed by atoms with Crippen molar-refractivity contribution in [2.24, 2.45) is 0 Å². The van der Waals surface area contributed by atoms with E-state index >= 15 is 0 Å².